The molecule has 1 aromatic carbocycles. The Labute approximate surface area is 170 Å². The highest BCUT2D eigenvalue weighted by Crippen LogP contribution is 2.29. The van der Waals surface area contributed by atoms with Crippen molar-refractivity contribution in [1.29, 1.82) is 0 Å². The molecule has 10 nitrogen and oxygen atoms in total. The van der Waals surface area contributed by atoms with Gasteiger partial charge in [0.2, 0.25) is 0 Å². The summed E-state index contributed by atoms with van der Waals surface area (Å²) in [6.45, 7) is 5.87. The number of azide groups is 1. The molecule has 29 heavy (non-hydrogen) atoms. The van der Waals surface area contributed by atoms with Crippen LogP contribution in [0.2, 0.25) is 0 Å². The Morgan fingerprint density at radius 1 is 0.655 bits per heavy atom. The predicted molar refractivity (Wildman–Crippen MR) is 104 cm³/mol. The van der Waals surface area contributed by atoms with E-state index in [4.69, 9.17) is 38.7 Å². The Morgan fingerprint density at radius 3 is 1.59 bits per heavy atom. The van der Waals surface area contributed by atoms with Crippen molar-refractivity contribution in [3.8, 4) is 11.5 Å². The molecule has 0 aliphatic carbocycles. The fraction of sp³-hybridized carbons (Fsp3) is 0.684. The van der Waals surface area contributed by atoms with Gasteiger partial charge < -0.3 is 33.2 Å². The van der Waals surface area contributed by atoms with Crippen molar-refractivity contribution in [2.45, 2.75) is 6.54 Å². The normalized spacial score (nSPS) is 18.8. The minimum atomic E-state index is 0.244. The van der Waals surface area contributed by atoms with Crippen molar-refractivity contribution >= 4 is 0 Å². The van der Waals surface area contributed by atoms with Crippen molar-refractivity contribution < 1.29 is 33.2 Å². The second-order valence-electron chi connectivity index (χ2n) is 5.93. The minimum absolute atomic E-state index is 0.244. The Balaban J connectivity index is 1.87. The quantitative estimate of drug-likeness (QED) is 0.417. The third kappa shape index (κ3) is 10.9. The van der Waals surface area contributed by atoms with Crippen molar-refractivity contribution in [1.82, 2.24) is 0 Å². The van der Waals surface area contributed by atoms with Crippen molar-refractivity contribution in [3.05, 3.63) is 34.2 Å². The van der Waals surface area contributed by atoms with Crippen LogP contribution in [0.3, 0.4) is 0 Å². The standard InChI is InChI=1S/C19H29N3O7/c20-22-21-16-17-1-2-18-19(15-17)29-14-12-27-10-8-25-6-4-23-3-5-24-7-9-26-11-13-28-18/h1-2,15H,3-14,16H2. The Bertz CT molecular complexity index is 611. The highest BCUT2D eigenvalue weighted by Gasteiger charge is 2.07. The third-order valence-electron chi connectivity index (χ3n) is 3.78. The van der Waals surface area contributed by atoms with E-state index in [2.05, 4.69) is 10.0 Å². The molecule has 2 rings (SSSR count). The molecular formula is C19H29N3O7. The van der Waals surface area contributed by atoms with Crippen molar-refractivity contribution in [2.75, 3.05) is 79.3 Å². The summed E-state index contributed by atoms with van der Waals surface area (Å²) in [5.74, 6) is 1.17. The molecule has 1 aliphatic rings. The van der Waals surface area contributed by atoms with Gasteiger partial charge in [0.25, 0.3) is 0 Å². The van der Waals surface area contributed by atoms with Gasteiger partial charge in [-0.15, -0.1) is 0 Å². The second kappa shape index (κ2) is 15.8. The van der Waals surface area contributed by atoms with Crippen molar-refractivity contribution in [3.63, 3.8) is 0 Å². The van der Waals surface area contributed by atoms with Crippen LogP contribution in [-0.2, 0) is 30.2 Å². The van der Waals surface area contributed by atoms with Crippen molar-refractivity contribution in [2.24, 2.45) is 5.11 Å². The van der Waals surface area contributed by atoms with Gasteiger partial charge in [-0.3, -0.25) is 0 Å². The van der Waals surface area contributed by atoms with Crippen LogP contribution in [0.4, 0.5) is 0 Å². The molecule has 1 heterocycles. The van der Waals surface area contributed by atoms with Gasteiger partial charge in [-0.25, -0.2) is 0 Å². The molecule has 0 aromatic heterocycles. The molecule has 162 valence electrons. The molecule has 0 unspecified atom stereocenters. The van der Waals surface area contributed by atoms with Gasteiger partial charge in [-0.1, -0.05) is 11.2 Å². The lowest BCUT2D eigenvalue weighted by molar-refractivity contribution is -0.0134. The zero-order valence-electron chi connectivity index (χ0n) is 16.6. The van der Waals surface area contributed by atoms with Gasteiger partial charge >= 0.3 is 0 Å². The SMILES string of the molecule is [N-]=[N+]=NCc1ccc2c(c1)OCCOCCOCCOCCOCCOCCO2. The molecule has 0 atom stereocenters. The lowest BCUT2D eigenvalue weighted by atomic mass is 10.2. The largest absolute Gasteiger partial charge is 0.487 e. The van der Waals surface area contributed by atoms with Gasteiger partial charge in [-0.05, 0) is 23.2 Å². The van der Waals surface area contributed by atoms with E-state index in [1.54, 1.807) is 12.1 Å². The molecule has 0 spiro atoms. The third-order valence-corrected chi connectivity index (χ3v) is 3.78. The Kier molecular flexibility index (Phi) is 12.7. The first kappa shape index (κ1) is 23.2. The molecule has 0 fully saturated rings. The Morgan fingerprint density at radius 2 is 1.10 bits per heavy atom. The average molecular weight is 411 g/mol. The predicted octanol–water partition coefficient (Wildman–Crippen LogP) is 2.35. The number of hydrogen-bond acceptors (Lipinski definition) is 8. The summed E-state index contributed by atoms with van der Waals surface area (Å²) in [7, 11) is 0. The lowest BCUT2D eigenvalue weighted by Gasteiger charge is -2.14. The number of fused-ring (bicyclic) bond motifs is 1. The maximum absolute atomic E-state index is 8.50. The summed E-state index contributed by atoms with van der Waals surface area (Å²) in [5.41, 5.74) is 9.33. The van der Waals surface area contributed by atoms with E-state index in [1.165, 1.54) is 0 Å². The van der Waals surface area contributed by atoms with Crippen LogP contribution in [0.5, 0.6) is 11.5 Å². The maximum Gasteiger partial charge on any atom is 0.161 e. The van der Waals surface area contributed by atoms with Gasteiger partial charge in [0.05, 0.1) is 72.6 Å². The molecule has 0 amide bonds. The maximum atomic E-state index is 8.50. The monoisotopic (exact) mass is 411 g/mol. The van der Waals surface area contributed by atoms with E-state index < -0.39 is 0 Å². The molecule has 0 saturated carbocycles. The first-order valence-electron chi connectivity index (χ1n) is 9.68. The summed E-state index contributed by atoms with van der Waals surface area (Å²) in [6.07, 6.45) is 0. The van der Waals surface area contributed by atoms with Gasteiger partial charge in [-0.2, -0.15) is 0 Å². The van der Waals surface area contributed by atoms with Gasteiger partial charge in [0.1, 0.15) is 13.2 Å². The molecule has 0 saturated heterocycles. The minimum Gasteiger partial charge on any atom is -0.487 e. The fourth-order valence-corrected chi connectivity index (χ4v) is 2.40. The van der Waals surface area contributed by atoms with E-state index in [1.807, 2.05) is 6.07 Å². The Hall–Kier alpha value is -2.07. The van der Waals surface area contributed by atoms with E-state index >= 15 is 0 Å². The molecule has 0 bridgehead atoms. The van der Waals surface area contributed by atoms with Crippen LogP contribution < -0.4 is 9.47 Å². The van der Waals surface area contributed by atoms with Crippen LogP contribution in [-0.4, -0.2) is 79.3 Å². The van der Waals surface area contributed by atoms with E-state index in [9.17, 15) is 0 Å². The van der Waals surface area contributed by atoms with Crippen LogP contribution in [0, 0.1) is 0 Å². The molecule has 0 radical (unpaired) electrons. The number of rotatable bonds is 2. The van der Waals surface area contributed by atoms with E-state index in [0.717, 1.165) is 5.56 Å². The van der Waals surface area contributed by atoms with Crippen LogP contribution in [0.15, 0.2) is 23.3 Å². The summed E-state index contributed by atoms with van der Waals surface area (Å²) >= 11 is 0. The number of hydrogen-bond donors (Lipinski definition) is 0. The first-order chi connectivity index (χ1) is 14.4. The smallest absolute Gasteiger partial charge is 0.161 e. The fourth-order valence-electron chi connectivity index (χ4n) is 2.40. The summed E-state index contributed by atoms with van der Waals surface area (Å²) in [6, 6.07) is 5.44. The van der Waals surface area contributed by atoms with Crippen LogP contribution in [0.25, 0.3) is 10.4 Å². The number of nitrogens with zero attached hydrogens (tertiary/aromatic N) is 3. The van der Waals surface area contributed by atoms with E-state index in [0.29, 0.717) is 90.8 Å². The van der Waals surface area contributed by atoms with Crippen LogP contribution >= 0.6 is 0 Å². The molecule has 1 aliphatic heterocycles. The topological polar surface area (TPSA) is 113 Å². The summed E-state index contributed by atoms with van der Waals surface area (Å²) in [4.78, 5) is 2.78. The highest BCUT2D eigenvalue weighted by atomic mass is 16.6. The molecule has 0 N–H and O–H groups in total. The number of benzene rings is 1. The first-order valence-corrected chi connectivity index (χ1v) is 9.68. The van der Waals surface area contributed by atoms with Crippen LogP contribution in [0.1, 0.15) is 5.56 Å². The molecule has 1 aromatic rings. The zero-order chi connectivity index (χ0) is 20.4. The van der Waals surface area contributed by atoms with Gasteiger partial charge in [0, 0.05) is 4.91 Å². The van der Waals surface area contributed by atoms with E-state index in [-0.39, 0.29) is 6.54 Å². The lowest BCUT2D eigenvalue weighted by Crippen LogP contribution is -2.14. The average Bonchev–Trinajstić information content (AvgIpc) is 2.74. The summed E-state index contributed by atoms with van der Waals surface area (Å²) in [5, 5.41) is 3.58. The van der Waals surface area contributed by atoms with Gasteiger partial charge in [0.15, 0.2) is 11.5 Å². The summed E-state index contributed by atoms with van der Waals surface area (Å²) < 4.78 is 38.8. The highest BCUT2D eigenvalue weighted by molar-refractivity contribution is 5.43. The number of ether oxygens (including phenoxy) is 7. The zero-order valence-corrected chi connectivity index (χ0v) is 16.6. The molecule has 10 heteroatoms. The second-order valence-corrected chi connectivity index (χ2v) is 5.93. The molecular weight excluding hydrogens is 382 g/mol.